The maximum Gasteiger partial charge on any atom is 0.103 e. The van der Waals surface area contributed by atoms with Gasteiger partial charge in [-0.2, -0.15) is 0 Å². The van der Waals surface area contributed by atoms with Gasteiger partial charge in [0, 0.05) is 35.9 Å². The van der Waals surface area contributed by atoms with Gasteiger partial charge >= 0.3 is 0 Å². The second-order valence-electron chi connectivity index (χ2n) is 10.5. The molecule has 2 aliphatic carbocycles. The molecule has 2 atom stereocenters. The van der Waals surface area contributed by atoms with Gasteiger partial charge in [-0.25, -0.2) is 4.39 Å². The molecule has 1 N–H and O–H groups in total. The van der Waals surface area contributed by atoms with Crippen molar-refractivity contribution < 1.29 is 4.39 Å². The van der Waals surface area contributed by atoms with Crippen molar-refractivity contribution in [2.24, 2.45) is 0 Å². The minimum atomic E-state index is -0.538. The second-order valence-corrected chi connectivity index (χ2v) is 10.5. The van der Waals surface area contributed by atoms with Gasteiger partial charge in [-0.05, 0) is 112 Å². The molecule has 5 rings (SSSR count). The number of allylic oxidation sites excluding steroid dienone is 1. The van der Waals surface area contributed by atoms with E-state index in [1.54, 1.807) is 0 Å². The molecule has 2 saturated carbocycles. The van der Waals surface area contributed by atoms with E-state index < -0.39 is 6.17 Å². The van der Waals surface area contributed by atoms with Crippen molar-refractivity contribution in [1.82, 2.24) is 20.0 Å². The first kappa shape index (κ1) is 27.3. The summed E-state index contributed by atoms with van der Waals surface area (Å²) in [6, 6.07) is 1.84. The molecule has 0 aromatic heterocycles. The van der Waals surface area contributed by atoms with Gasteiger partial charge in [-0.1, -0.05) is 6.58 Å². The van der Waals surface area contributed by atoms with Crippen molar-refractivity contribution in [2.45, 2.75) is 107 Å². The van der Waals surface area contributed by atoms with Gasteiger partial charge < -0.3 is 20.0 Å². The predicted octanol–water partition coefficient (Wildman–Crippen LogP) is 5.22. The zero-order valence-corrected chi connectivity index (χ0v) is 21.5. The topological polar surface area (TPSA) is 21.8 Å². The van der Waals surface area contributed by atoms with Crippen LogP contribution in [0.25, 0.3) is 0 Å². The lowest BCUT2D eigenvalue weighted by atomic mass is 9.86. The van der Waals surface area contributed by atoms with Gasteiger partial charge in [-0.3, -0.25) is 0 Å². The van der Waals surface area contributed by atoms with E-state index in [2.05, 4.69) is 53.8 Å². The molecule has 5 heteroatoms. The molecule has 186 valence electrons. The average molecular weight is 451 g/mol. The Morgan fingerprint density at radius 2 is 1.62 bits per heavy atom. The minimum absolute atomic E-state index is 0.498. The fourth-order valence-electron chi connectivity index (χ4n) is 5.99. The molecule has 0 aromatic carbocycles. The summed E-state index contributed by atoms with van der Waals surface area (Å²) in [5.41, 5.74) is 2.09. The van der Waals surface area contributed by atoms with Crippen LogP contribution in [0.2, 0.25) is 0 Å². The van der Waals surface area contributed by atoms with Crippen molar-refractivity contribution in [3.63, 3.8) is 0 Å². The molecular formula is C27H51FN4. The van der Waals surface area contributed by atoms with E-state index in [9.17, 15) is 4.39 Å². The molecule has 1 unspecified atom stereocenters. The van der Waals surface area contributed by atoms with Crippen LogP contribution >= 0.6 is 0 Å². The smallest absolute Gasteiger partial charge is 0.103 e. The molecule has 0 aromatic rings. The van der Waals surface area contributed by atoms with E-state index in [0.29, 0.717) is 18.1 Å². The zero-order chi connectivity index (χ0) is 23.7. The third-order valence-electron chi connectivity index (χ3n) is 8.31. The van der Waals surface area contributed by atoms with Gasteiger partial charge in [0.05, 0.1) is 0 Å². The fourth-order valence-corrected chi connectivity index (χ4v) is 5.99. The van der Waals surface area contributed by atoms with Crippen molar-refractivity contribution in [3.05, 3.63) is 25.4 Å². The lowest BCUT2D eigenvalue weighted by Crippen LogP contribution is -2.50. The first-order chi connectivity index (χ1) is 15.4. The predicted molar refractivity (Wildman–Crippen MR) is 137 cm³/mol. The Morgan fingerprint density at radius 3 is 2.12 bits per heavy atom. The number of hydrogen-bond acceptors (Lipinski definition) is 4. The highest BCUT2D eigenvalue weighted by atomic mass is 19.1. The van der Waals surface area contributed by atoms with E-state index in [1.807, 2.05) is 14.1 Å². The van der Waals surface area contributed by atoms with Crippen LogP contribution in [0.4, 0.5) is 4.39 Å². The maximum absolute atomic E-state index is 13.1. The summed E-state index contributed by atoms with van der Waals surface area (Å²) in [7, 11) is 8.23. The molecule has 3 saturated heterocycles. The highest BCUT2D eigenvalue weighted by molar-refractivity contribution is 5.06. The second kappa shape index (κ2) is 13.1. The van der Waals surface area contributed by atoms with E-state index >= 15 is 0 Å². The lowest BCUT2D eigenvalue weighted by molar-refractivity contribution is 0.0293. The largest absolute Gasteiger partial charge is 0.372 e. The maximum atomic E-state index is 13.1. The first-order valence-electron chi connectivity index (χ1n) is 13.0. The lowest BCUT2D eigenvalue weighted by Gasteiger charge is -2.44. The Morgan fingerprint density at radius 1 is 0.969 bits per heavy atom. The average Bonchev–Trinajstić information content (AvgIpc) is 3.26. The van der Waals surface area contributed by atoms with Crippen LogP contribution in [0.15, 0.2) is 25.4 Å². The molecule has 4 nitrogen and oxygen atoms in total. The fraction of sp³-hybridized carbons (Fsp3) is 0.852. The number of rotatable bonds is 2. The van der Waals surface area contributed by atoms with Gasteiger partial charge in [0.1, 0.15) is 6.17 Å². The first-order valence-corrected chi connectivity index (χ1v) is 13.0. The van der Waals surface area contributed by atoms with Crippen LogP contribution in [0.1, 0.15) is 77.0 Å². The number of nitrogens with zero attached hydrogens (tertiary/aromatic N) is 3. The van der Waals surface area contributed by atoms with Crippen molar-refractivity contribution >= 4 is 0 Å². The van der Waals surface area contributed by atoms with Crippen molar-refractivity contribution in [1.29, 1.82) is 0 Å². The molecule has 1 spiro atoms. The van der Waals surface area contributed by atoms with Crippen molar-refractivity contribution in [3.8, 4) is 0 Å². The number of halogens is 1. The number of fused-ring (bicyclic) bond motifs is 1. The van der Waals surface area contributed by atoms with Crippen LogP contribution < -0.4 is 5.32 Å². The Kier molecular flexibility index (Phi) is 11.2. The molecule has 3 aliphatic heterocycles. The summed E-state index contributed by atoms with van der Waals surface area (Å²) in [6.07, 6.45) is 14.4. The van der Waals surface area contributed by atoms with E-state index in [4.69, 9.17) is 0 Å². The normalized spacial score (nSPS) is 32.8. The summed E-state index contributed by atoms with van der Waals surface area (Å²) in [5.74, 6) is 0. The van der Waals surface area contributed by atoms with Gasteiger partial charge in [0.15, 0.2) is 0 Å². The minimum Gasteiger partial charge on any atom is -0.372 e. The Labute approximate surface area is 198 Å². The molecule has 5 fully saturated rings. The van der Waals surface area contributed by atoms with Crippen molar-refractivity contribution in [2.75, 3.05) is 41.3 Å². The molecule has 5 aliphatic rings. The van der Waals surface area contributed by atoms with Gasteiger partial charge in [0.2, 0.25) is 0 Å². The molecule has 0 radical (unpaired) electrons. The Bertz CT molecular complexity index is 558. The molecule has 32 heavy (non-hydrogen) atoms. The third kappa shape index (κ3) is 7.04. The Balaban J connectivity index is 0.000000230. The molecule has 3 heterocycles. The van der Waals surface area contributed by atoms with Gasteiger partial charge in [0.25, 0.3) is 0 Å². The van der Waals surface area contributed by atoms with E-state index in [1.165, 1.54) is 76.6 Å². The van der Waals surface area contributed by atoms with Gasteiger partial charge in [-0.15, -0.1) is 13.2 Å². The zero-order valence-electron chi connectivity index (χ0n) is 21.5. The number of nitrogens with one attached hydrogen (secondary N) is 1. The highest BCUT2D eigenvalue weighted by Gasteiger charge is 2.48. The SMILES string of the molecule is C=C.C=C1CCCC(N(C)C2CC(F)C2)C[C@H]2CCCN12.CN1CCCC12CC2.CNC. The molecular weight excluding hydrogens is 399 g/mol. The highest BCUT2D eigenvalue weighted by Crippen LogP contribution is 2.48. The monoisotopic (exact) mass is 450 g/mol. The number of hydrogen-bond donors (Lipinski definition) is 1. The number of alkyl halides is 1. The quantitative estimate of drug-likeness (QED) is 0.582. The van der Waals surface area contributed by atoms with Crippen LogP contribution in [0, 0.1) is 0 Å². The van der Waals surface area contributed by atoms with Crippen LogP contribution in [-0.4, -0.2) is 85.8 Å². The van der Waals surface area contributed by atoms with Crippen LogP contribution in [-0.2, 0) is 0 Å². The summed E-state index contributed by atoms with van der Waals surface area (Å²) in [5, 5.41) is 2.75. The van der Waals surface area contributed by atoms with Crippen LogP contribution in [0.5, 0.6) is 0 Å². The molecule has 0 amide bonds. The summed E-state index contributed by atoms with van der Waals surface area (Å²) >= 11 is 0. The summed E-state index contributed by atoms with van der Waals surface area (Å²) in [4.78, 5) is 7.58. The summed E-state index contributed by atoms with van der Waals surface area (Å²) in [6.45, 7) is 12.8. The number of likely N-dealkylation sites (tertiary alicyclic amines) is 1. The third-order valence-corrected chi connectivity index (χ3v) is 8.31. The van der Waals surface area contributed by atoms with E-state index in [0.717, 1.165) is 24.8 Å². The Hall–Kier alpha value is -0.910. The molecule has 0 bridgehead atoms. The standard InChI is InChI=1S/C16H27FN2.C7H13N.C2H7N.C2H4/c1-12-5-3-6-14(11-15-7-4-8-19(12)15)18(2)16-9-13(17)10-16;1-8-6-2-3-7(8)4-5-7;1-3-2;1-2/h13-16H,1,3-11H2,2H3;2-6H2,1H3;3H,1-2H3;1-2H2/t13?,14?,15-,16?;;;/m1.../s1. The van der Waals surface area contributed by atoms with E-state index in [-0.39, 0.29) is 0 Å². The summed E-state index contributed by atoms with van der Waals surface area (Å²) < 4.78 is 13.1. The van der Waals surface area contributed by atoms with Crippen LogP contribution in [0.3, 0.4) is 0 Å².